The Morgan fingerprint density at radius 1 is 1.19 bits per heavy atom. The van der Waals surface area contributed by atoms with Crippen LogP contribution in [0.3, 0.4) is 0 Å². The summed E-state index contributed by atoms with van der Waals surface area (Å²) >= 11 is 0. The molecule has 0 N–H and O–H groups in total. The van der Waals surface area contributed by atoms with Gasteiger partial charge >= 0.3 is 0 Å². The van der Waals surface area contributed by atoms with Crippen molar-refractivity contribution in [2.75, 3.05) is 0 Å². The van der Waals surface area contributed by atoms with Gasteiger partial charge in [0.15, 0.2) is 28.6 Å². The van der Waals surface area contributed by atoms with E-state index in [0.717, 1.165) is 5.57 Å². The number of hydrogen-bond acceptors (Lipinski definition) is 6. The third-order valence-corrected chi connectivity index (χ3v) is 6.49. The highest BCUT2D eigenvalue weighted by Gasteiger charge is 2.55. The van der Waals surface area contributed by atoms with Gasteiger partial charge in [-0.3, -0.25) is 9.36 Å². The second-order valence-corrected chi connectivity index (χ2v) is 8.47. The van der Waals surface area contributed by atoms with Crippen molar-refractivity contribution in [2.24, 2.45) is 18.9 Å². The second-order valence-electron chi connectivity index (χ2n) is 8.47. The molecule has 2 aliphatic rings. The first-order chi connectivity index (χ1) is 15.4. The van der Waals surface area contributed by atoms with E-state index in [1.54, 1.807) is 37.0 Å². The molecule has 0 unspecified atom stereocenters. The van der Waals surface area contributed by atoms with Gasteiger partial charge in [-0.15, -0.1) is 0 Å². The lowest BCUT2D eigenvalue weighted by Crippen LogP contribution is -2.22. The highest BCUT2D eigenvalue weighted by molar-refractivity contribution is 5.71. The number of fused-ring (bicyclic) bond motifs is 2. The van der Waals surface area contributed by atoms with Gasteiger partial charge in [-0.05, 0) is 36.3 Å². The molecule has 162 valence electrons. The zero-order valence-electron chi connectivity index (χ0n) is 17.3. The zero-order valence-corrected chi connectivity index (χ0v) is 17.3. The van der Waals surface area contributed by atoms with Gasteiger partial charge in [-0.1, -0.05) is 23.4 Å². The topological polar surface area (TPSA) is 91.6 Å². The lowest BCUT2D eigenvalue weighted by molar-refractivity contribution is 0.364. The fourth-order valence-electron chi connectivity index (χ4n) is 4.70. The van der Waals surface area contributed by atoms with Crippen molar-refractivity contribution in [3.63, 3.8) is 0 Å². The van der Waals surface area contributed by atoms with Crippen LogP contribution in [0.25, 0.3) is 16.7 Å². The molecule has 10 heteroatoms. The van der Waals surface area contributed by atoms with Crippen molar-refractivity contribution in [2.45, 2.75) is 25.8 Å². The van der Waals surface area contributed by atoms with Gasteiger partial charge in [0.1, 0.15) is 12.9 Å². The summed E-state index contributed by atoms with van der Waals surface area (Å²) in [5.41, 5.74) is 1.99. The van der Waals surface area contributed by atoms with Crippen LogP contribution in [-0.2, 0) is 13.6 Å². The van der Waals surface area contributed by atoms with E-state index in [0.29, 0.717) is 40.4 Å². The molecule has 3 atom stereocenters. The quantitative estimate of drug-likeness (QED) is 0.489. The zero-order chi connectivity index (χ0) is 22.1. The first-order valence-corrected chi connectivity index (χ1v) is 10.3. The van der Waals surface area contributed by atoms with Crippen molar-refractivity contribution in [1.82, 2.24) is 29.2 Å². The number of halogens is 2. The summed E-state index contributed by atoms with van der Waals surface area (Å²) in [5.74, 6) is -0.194. The summed E-state index contributed by atoms with van der Waals surface area (Å²) < 4.78 is 36.7. The molecule has 32 heavy (non-hydrogen) atoms. The van der Waals surface area contributed by atoms with Crippen LogP contribution in [0, 0.1) is 30.4 Å². The van der Waals surface area contributed by atoms with Crippen LogP contribution in [0.5, 0.6) is 0 Å². The summed E-state index contributed by atoms with van der Waals surface area (Å²) in [7, 11) is 1.73. The van der Waals surface area contributed by atoms with E-state index in [2.05, 4.69) is 20.1 Å². The predicted molar refractivity (Wildman–Crippen MR) is 110 cm³/mol. The van der Waals surface area contributed by atoms with Gasteiger partial charge in [0.2, 0.25) is 5.89 Å². The number of allylic oxidation sites excluding steroid dienone is 2. The maximum absolute atomic E-state index is 14.3. The Hall–Kier alpha value is -3.69. The van der Waals surface area contributed by atoms with Gasteiger partial charge in [0, 0.05) is 18.5 Å². The van der Waals surface area contributed by atoms with Crippen LogP contribution >= 0.6 is 0 Å². The normalized spacial score (nSPS) is 21.8. The summed E-state index contributed by atoms with van der Waals surface area (Å²) in [6, 6.07) is 3.23. The van der Waals surface area contributed by atoms with Gasteiger partial charge in [0.25, 0.3) is 5.56 Å². The predicted octanol–water partition coefficient (Wildman–Crippen LogP) is 2.96. The molecule has 3 heterocycles. The molecule has 4 aromatic rings. The van der Waals surface area contributed by atoms with Crippen LogP contribution in [0.2, 0.25) is 0 Å². The minimum absolute atomic E-state index is 0.0870. The Balaban J connectivity index is 1.21. The highest BCUT2D eigenvalue weighted by Crippen LogP contribution is 2.62. The molecule has 0 spiro atoms. The van der Waals surface area contributed by atoms with Crippen LogP contribution in [-0.4, -0.2) is 29.2 Å². The highest BCUT2D eigenvalue weighted by atomic mass is 19.2. The van der Waals surface area contributed by atoms with Crippen molar-refractivity contribution < 1.29 is 13.3 Å². The number of aryl methyl sites for hydroxylation is 2. The SMILES string of the molecule is Cc1ccc(C2=C[C@H]3[C@@H](C2)[C@@H]3c2noc(Cn3cnc4ncn(C)c4c3=O)n2)c(F)c1F. The fraction of sp³-hybridized carbons (Fsp3) is 0.318. The Morgan fingerprint density at radius 3 is 2.78 bits per heavy atom. The molecule has 0 aliphatic heterocycles. The molecule has 1 fully saturated rings. The number of aromatic nitrogens is 6. The molecule has 1 aromatic carbocycles. The van der Waals surface area contributed by atoms with Gasteiger partial charge in [0.05, 0.1) is 6.33 Å². The standard InChI is InChI=1S/C22H18F2N6O2/c1-10-3-4-12(18(24)17(10)23)11-5-13-14(6-11)16(13)20-27-15(32-28-20)7-30-9-26-21-19(22(30)31)29(2)8-25-21/h3-5,8-9,13-14,16H,6-7H2,1-2H3/t13-,14+,16+/m0/s1. The lowest BCUT2D eigenvalue weighted by Gasteiger charge is -2.09. The van der Waals surface area contributed by atoms with Crippen LogP contribution in [0.1, 0.15) is 35.2 Å². The summed E-state index contributed by atoms with van der Waals surface area (Å²) in [6.45, 7) is 1.66. The van der Waals surface area contributed by atoms with E-state index < -0.39 is 11.6 Å². The minimum atomic E-state index is -0.794. The maximum atomic E-state index is 14.3. The van der Waals surface area contributed by atoms with Crippen LogP contribution in [0.4, 0.5) is 8.78 Å². The average Bonchev–Trinajstić information content (AvgIpc) is 3.19. The molecule has 3 aromatic heterocycles. The Labute approximate surface area is 180 Å². The molecule has 0 radical (unpaired) electrons. The van der Waals surface area contributed by atoms with Crippen LogP contribution in [0.15, 0.2) is 40.2 Å². The van der Waals surface area contributed by atoms with Gasteiger partial charge < -0.3 is 9.09 Å². The van der Waals surface area contributed by atoms with E-state index in [-0.39, 0.29) is 29.9 Å². The summed E-state index contributed by atoms with van der Waals surface area (Å²) in [4.78, 5) is 25.4. The molecule has 2 aliphatic carbocycles. The maximum Gasteiger partial charge on any atom is 0.280 e. The number of rotatable bonds is 4. The van der Waals surface area contributed by atoms with Crippen LogP contribution < -0.4 is 5.56 Å². The van der Waals surface area contributed by atoms with E-state index in [1.807, 2.05) is 6.08 Å². The summed E-state index contributed by atoms with van der Waals surface area (Å²) in [6.07, 6.45) is 5.58. The number of imidazole rings is 1. The molecule has 0 bridgehead atoms. The lowest BCUT2D eigenvalue weighted by atomic mass is 9.99. The number of nitrogens with zero attached hydrogens (tertiary/aromatic N) is 6. The molecular formula is C22H18F2N6O2. The largest absolute Gasteiger partial charge is 0.337 e. The molecule has 8 nitrogen and oxygen atoms in total. The van der Waals surface area contributed by atoms with Crippen molar-refractivity contribution >= 4 is 16.7 Å². The molecule has 0 saturated heterocycles. The first-order valence-electron chi connectivity index (χ1n) is 10.3. The smallest absolute Gasteiger partial charge is 0.280 e. The second kappa shape index (κ2) is 6.65. The Morgan fingerprint density at radius 2 is 2.00 bits per heavy atom. The fourth-order valence-corrected chi connectivity index (χ4v) is 4.70. The Kier molecular flexibility index (Phi) is 3.96. The third kappa shape index (κ3) is 2.75. The number of hydrogen-bond donors (Lipinski definition) is 0. The summed E-state index contributed by atoms with van der Waals surface area (Å²) in [5, 5.41) is 4.09. The molecule has 6 rings (SSSR count). The molecule has 1 saturated carbocycles. The first kappa shape index (κ1) is 19.0. The number of benzene rings is 1. The van der Waals surface area contributed by atoms with Crippen molar-refractivity contribution in [3.05, 3.63) is 75.7 Å². The van der Waals surface area contributed by atoms with E-state index in [4.69, 9.17) is 4.52 Å². The average molecular weight is 436 g/mol. The van der Waals surface area contributed by atoms with E-state index in [1.165, 1.54) is 10.9 Å². The van der Waals surface area contributed by atoms with E-state index >= 15 is 0 Å². The third-order valence-electron chi connectivity index (χ3n) is 6.49. The molecule has 0 amide bonds. The minimum Gasteiger partial charge on any atom is -0.337 e. The monoisotopic (exact) mass is 436 g/mol. The molecular weight excluding hydrogens is 418 g/mol. The van der Waals surface area contributed by atoms with Crippen molar-refractivity contribution in [1.29, 1.82) is 0 Å². The van der Waals surface area contributed by atoms with Gasteiger partial charge in [-0.2, -0.15) is 4.98 Å². The van der Waals surface area contributed by atoms with E-state index in [9.17, 15) is 13.6 Å². The van der Waals surface area contributed by atoms with Gasteiger partial charge in [-0.25, -0.2) is 18.7 Å². The Bertz CT molecular complexity index is 1480. The van der Waals surface area contributed by atoms with Crippen molar-refractivity contribution in [3.8, 4) is 0 Å².